The van der Waals surface area contributed by atoms with Gasteiger partial charge in [-0.25, -0.2) is 0 Å². The number of aliphatic hydroxyl groups excluding tert-OH is 1. The van der Waals surface area contributed by atoms with Gasteiger partial charge in [-0.15, -0.1) is 0 Å². The van der Waals surface area contributed by atoms with Crippen molar-refractivity contribution in [2.45, 2.75) is 50.4 Å². The lowest BCUT2D eigenvalue weighted by Gasteiger charge is -2.24. The summed E-state index contributed by atoms with van der Waals surface area (Å²) in [6, 6.07) is 3.55. The molecule has 1 saturated heterocycles. The second-order valence-corrected chi connectivity index (χ2v) is 8.09. The first kappa shape index (κ1) is 24.2. The Kier molecular flexibility index (Phi) is 8.01. The number of fused-ring (bicyclic) bond motifs is 1. The van der Waals surface area contributed by atoms with E-state index in [9.17, 15) is 24.3 Å². The number of aromatic amines is 1. The van der Waals surface area contributed by atoms with Crippen molar-refractivity contribution in [3.05, 3.63) is 36.0 Å². The summed E-state index contributed by atoms with van der Waals surface area (Å²) in [5.41, 5.74) is 1.68. The summed E-state index contributed by atoms with van der Waals surface area (Å²) in [6.45, 7) is 1.25. The zero-order valence-corrected chi connectivity index (χ0v) is 18.3. The molecule has 33 heavy (non-hydrogen) atoms. The number of carbonyl (C=O) groups is 4. The van der Waals surface area contributed by atoms with E-state index < -0.39 is 48.6 Å². The molecule has 1 aromatic heterocycles. The van der Waals surface area contributed by atoms with E-state index in [1.54, 1.807) is 6.20 Å². The van der Waals surface area contributed by atoms with Crippen LogP contribution in [-0.4, -0.2) is 76.2 Å². The summed E-state index contributed by atoms with van der Waals surface area (Å²) >= 11 is 0. The Hall–Kier alpha value is -3.44. The first-order chi connectivity index (χ1) is 15.8. The fraction of sp³-hybridized carbons (Fsp3) is 0.455. The lowest BCUT2D eigenvalue weighted by Crippen LogP contribution is -2.58. The fourth-order valence-corrected chi connectivity index (χ4v) is 3.75. The average molecular weight is 460 g/mol. The van der Waals surface area contributed by atoms with E-state index in [1.165, 1.54) is 6.92 Å². The highest BCUT2D eigenvalue weighted by Crippen LogP contribution is 2.19. The van der Waals surface area contributed by atoms with Crippen molar-refractivity contribution >= 4 is 34.6 Å². The van der Waals surface area contributed by atoms with Gasteiger partial charge in [0, 0.05) is 23.5 Å². The lowest BCUT2D eigenvalue weighted by atomic mass is 10.0. The lowest BCUT2D eigenvalue weighted by molar-refractivity contribution is -0.142. The average Bonchev–Trinajstić information content (AvgIpc) is 3.47. The van der Waals surface area contributed by atoms with E-state index in [0.717, 1.165) is 22.9 Å². The Morgan fingerprint density at radius 2 is 1.82 bits per heavy atom. The molecular weight excluding hydrogens is 430 g/mol. The summed E-state index contributed by atoms with van der Waals surface area (Å²) in [6.07, 6.45) is 3.42. The molecule has 3 amide bonds. The molecule has 4 atom stereocenters. The largest absolute Gasteiger partial charge is 0.480 e. The molecule has 1 aromatic carbocycles. The Balaban J connectivity index is 1.76. The summed E-state index contributed by atoms with van der Waals surface area (Å²) < 4.78 is 0. The van der Waals surface area contributed by atoms with Crippen LogP contribution < -0.4 is 21.3 Å². The van der Waals surface area contributed by atoms with Gasteiger partial charge in [-0.05, 0) is 37.9 Å². The van der Waals surface area contributed by atoms with Gasteiger partial charge in [0.1, 0.15) is 18.1 Å². The molecule has 0 spiro atoms. The molecule has 1 aliphatic rings. The van der Waals surface area contributed by atoms with Gasteiger partial charge in [0.05, 0.1) is 12.6 Å². The molecule has 11 nitrogen and oxygen atoms in total. The van der Waals surface area contributed by atoms with Gasteiger partial charge in [-0.1, -0.05) is 18.2 Å². The fourth-order valence-electron chi connectivity index (χ4n) is 3.75. The van der Waals surface area contributed by atoms with E-state index in [0.29, 0.717) is 13.0 Å². The first-order valence-electron chi connectivity index (χ1n) is 10.8. The number of rotatable bonds is 10. The van der Waals surface area contributed by atoms with Crippen molar-refractivity contribution in [2.24, 2.45) is 0 Å². The maximum absolute atomic E-state index is 13.1. The van der Waals surface area contributed by atoms with Crippen LogP contribution in [0.25, 0.3) is 10.9 Å². The third-order valence-corrected chi connectivity index (χ3v) is 5.65. The SMILES string of the molecule is CC(NC(=O)C(CO)NC(=O)C(Cc1c[nH]c2ccccc12)NC(=O)C1CCCN1)C(=O)O. The molecule has 0 aliphatic carbocycles. The Bertz CT molecular complexity index is 1020. The summed E-state index contributed by atoms with van der Waals surface area (Å²) in [4.78, 5) is 52.2. The van der Waals surface area contributed by atoms with Gasteiger partial charge in [0.2, 0.25) is 17.7 Å². The van der Waals surface area contributed by atoms with Gasteiger partial charge in [-0.3, -0.25) is 19.2 Å². The number of carboxylic acid groups (broad SMARTS) is 1. The van der Waals surface area contributed by atoms with Crippen LogP contribution in [0.1, 0.15) is 25.3 Å². The van der Waals surface area contributed by atoms with E-state index >= 15 is 0 Å². The molecule has 1 fully saturated rings. The number of aromatic nitrogens is 1. The quantitative estimate of drug-likeness (QED) is 0.239. The Morgan fingerprint density at radius 3 is 2.48 bits per heavy atom. The van der Waals surface area contributed by atoms with Crippen LogP contribution >= 0.6 is 0 Å². The third-order valence-electron chi connectivity index (χ3n) is 5.65. The monoisotopic (exact) mass is 459 g/mol. The van der Waals surface area contributed by atoms with Crippen LogP contribution in [-0.2, 0) is 25.6 Å². The molecule has 178 valence electrons. The van der Waals surface area contributed by atoms with Gasteiger partial charge in [0.15, 0.2) is 0 Å². The van der Waals surface area contributed by atoms with Crippen LogP contribution in [0.2, 0.25) is 0 Å². The second-order valence-electron chi connectivity index (χ2n) is 8.09. The smallest absolute Gasteiger partial charge is 0.325 e. The zero-order valence-electron chi connectivity index (χ0n) is 18.3. The number of para-hydroxylation sites is 1. The summed E-state index contributed by atoms with van der Waals surface area (Å²) in [5.74, 6) is -3.07. The molecule has 3 rings (SSSR count). The van der Waals surface area contributed by atoms with Crippen LogP contribution in [0, 0.1) is 0 Å². The number of hydrogen-bond acceptors (Lipinski definition) is 6. The Morgan fingerprint density at radius 1 is 1.09 bits per heavy atom. The molecule has 0 radical (unpaired) electrons. The minimum absolute atomic E-state index is 0.152. The number of carbonyl (C=O) groups excluding carboxylic acids is 3. The second kappa shape index (κ2) is 10.9. The normalized spacial score (nSPS) is 18.3. The summed E-state index contributed by atoms with van der Waals surface area (Å²) in [5, 5.41) is 30.0. The molecule has 2 aromatic rings. The van der Waals surface area contributed by atoms with Crippen molar-refractivity contribution in [2.75, 3.05) is 13.2 Å². The summed E-state index contributed by atoms with van der Waals surface area (Å²) in [7, 11) is 0. The number of aliphatic carboxylic acids is 1. The van der Waals surface area contributed by atoms with Crippen molar-refractivity contribution < 1.29 is 29.4 Å². The van der Waals surface area contributed by atoms with E-state index in [4.69, 9.17) is 5.11 Å². The predicted molar refractivity (Wildman–Crippen MR) is 119 cm³/mol. The van der Waals surface area contributed by atoms with Gasteiger partial charge in [0.25, 0.3) is 0 Å². The van der Waals surface area contributed by atoms with Crippen LogP contribution in [0.5, 0.6) is 0 Å². The molecule has 2 heterocycles. The number of nitrogens with one attached hydrogen (secondary N) is 5. The van der Waals surface area contributed by atoms with Crippen molar-refractivity contribution in [1.29, 1.82) is 0 Å². The molecule has 1 aliphatic heterocycles. The number of amides is 3. The highest BCUT2D eigenvalue weighted by Gasteiger charge is 2.31. The minimum Gasteiger partial charge on any atom is -0.480 e. The number of benzene rings is 1. The Labute approximate surface area is 190 Å². The molecule has 4 unspecified atom stereocenters. The minimum atomic E-state index is -1.37. The van der Waals surface area contributed by atoms with E-state index in [1.807, 2.05) is 24.3 Å². The highest BCUT2D eigenvalue weighted by molar-refractivity contribution is 5.95. The van der Waals surface area contributed by atoms with Gasteiger partial charge >= 0.3 is 5.97 Å². The molecule has 7 N–H and O–H groups in total. The third kappa shape index (κ3) is 6.08. The van der Waals surface area contributed by atoms with Crippen LogP contribution in [0.4, 0.5) is 0 Å². The number of hydrogen-bond donors (Lipinski definition) is 7. The van der Waals surface area contributed by atoms with Crippen molar-refractivity contribution in [1.82, 2.24) is 26.3 Å². The van der Waals surface area contributed by atoms with E-state index in [-0.39, 0.29) is 12.3 Å². The van der Waals surface area contributed by atoms with Crippen molar-refractivity contribution in [3.8, 4) is 0 Å². The zero-order chi connectivity index (χ0) is 24.0. The maximum atomic E-state index is 13.1. The number of H-pyrrole nitrogens is 1. The highest BCUT2D eigenvalue weighted by atomic mass is 16.4. The first-order valence-corrected chi connectivity index (χ1v) is 10.8. The van der Waals surface area contributed by atoms with Crippen LogP contribution in [0.3, 0.4) is 0 Å². The molecule has 11 heteroatoms. The standard InChI is InChI=1S/C22H29N5O6/c1-12(22(32)33)25-21(31)18(11-28)27-20(30)17(26-19(29)16-7-4-8-23-16)9-13-10-24-15-6-3-2-5-14(13)15/h2-3,5-6,10,12,16-18,23-24,28H,4,7-9,11H2,1H3,(H,25,31)(H,26,29)(H,27,30)(H,32,33). The number of aliphatic hydroxyl groups is 1. The topological polar surface area (TPSA) is 173 Å². The molecular formula is C22H29N5O6. The molecule has 0 bridgehead atoms. The van der Waals surface area contributed by atoms with E-state index in [2.05, 4.69) is 26.3 Å². The predicted octanol–water partition coefficient (Wildman–Crippen LogP) is -0.986. The van der Waals surface area contributed by atoms with Gasteiger partial charge in [-0.2, -0.15) is 0 Å². The molecule has 0 saturated carbocycles. The number of carboxylic acids is 1. The van der Waals surface area contributed by atoms with Gasteiger partial charge < -0.3 is 36.5 Å². The van der Waals surface area contributed by atoms with Crippen LogP contribution in [0.15, 0.2) is 30.5 Å². The van der Waals surface area contributed by atoms with Crippen molar-refractivity contribution in [3.63, 3.8) is 0 Å². The maximum Gasteiger partial charge on any atom is 0.325 e.